The Hall–Kier alpha value is -2.47. The van der Waals surface area contributed by atoms with E-state index in [9.17, 15) is 0 Å². The lowest BCUT2D eigenvalue weighted by molar-refractivity contribution is 0.982. The molecule has 0 atom stereocenters. The molecule has 0 aliphatic heterocycles. The number of halogens is 1. The van der Waals surface area contributed by atoms with Crippen molar-refractivity contribution in [2.75, 3.05) is 10.6 Å². The second-order valence-electron chi connectivity index (χ2n) is 5.25. The zero-order valence-corrected chi connectivity index (χ0v) is 14.4. The molecule has 0 radical (unpaired) electrons. The Labute approximate surface area is 143 Å². The van der Waals surface area contributed by atoms with E-state index in [2.05, 4.69) is 48.7 Å². The van der Waals surface area contributed by atoms with Gasteiger partial charge in [-0.2, -0.15) is 10.1 Å². The van der Waals surface area contributed by atoms with Crippen LogP contribution in [0.15, 0.2) is 53.1 Å². The van der Waals surface area contributed by atoms with Crippen LogP contribution in [-0.2, 0) is 0 Å². The van der Waals surface area contributed by atoms with Crippen molar-refractivity contribution in [2.24, 2.45) is 0 Å². The number of rotatable bonds is 4. The molecule has 0 bridgehead atoms. The molecule has 5 nitrogen and oxygen atoms in total. The number of nitrogens with zero attached hydrogens (tertiary/aromatic N) is 3. The molecule has 1 aromatic heterocycles. The van der Waals surface area contributed by atoms with Crippen LogP contribution >= 0.6 is 15.9 Å². The van der Waals surface area contributed by atoms with Crippen molar-refractivity contribution >= 4 is 39.1 Å². The van der Waals surface area contributed by atoms with Crippen LogP contribution < -0.4 is 10.6 Å². The maximum atomic E-state index is 4.43. The monoisotopic (exact) mass is 369 g/mol. The van der Waals surface area contributed by atoms with Crippen LogP contribution in [0.25, 0.3) is 0 Å². The van der Waals surface area contributed by atoms with Gasteiger partial charge in [-0.25, -0.2) is 0 Å². The fourth-order valence-corrected chi connectivity index (χ4v) is 2.38. The van der Waals surface area contributed by atoms with E-state index in [0.29, 0.717) is 11.8 Å². The molecule has 3 rings (SSSR count). The Balaban J connectivity index is 1.76. The van der Waals surface area contributed by atoms with E-state index in [1.54, 1.807) is 6.20 Å². The molecule has 23 heavy (non-hydrogen) atoms. The molecule has 3 aromatic rings. The second-order valence-corrected chi connectivity index (χ2v) is 6.10. The van der Waals surface area contributed by atoms with Crippen LogP contribution in [0.2, 0.25) is 0 Å². The first-order valence-corrected chi connectivity index (χ1v) is 7.96. The Morgan fingerprint density at radius 3 is 2.39 bits per heavy atom. The van der Waals surface area contributed by atoms with Gasteiger partial charge in [0.25, 0.3) is 0 Å². The van der Waals surface area contributed by atoms with E-state index in [1.807, 2.05) is 49.4 Å². The molecule has 1 heterocycles. The quantitative estimate of drug-likeness (QED) is 0.695. The third kappa shape index (κ3) is 4.04. The van der Waals surface area contributed by atoms with E-state index in [4.69, 9.17) is 0 Å². The Bertz CT molecular complexity index is 817. The average molecular weight is 370 g/mol. The summed E-state index contributed by atoms with van der Waals surface area (Å²) >= 11 is 3.52. The van der Waals surface area contributed by atoms with Crippen molar-refractivity contribution in [1.82, 2.24) is 15.2 Å². The van der Waals surface area contributed by atoms with Gasteiger partial charge in [0.1, 0.15) is 0 Å². The highest BCUT2D eigenvalue weighted by Crippen LogP contribution is 2.23. The number of benzene rings is 2. The third-order valence-electron chi connectivity index (χ3n) is 3.31. The standard InChI is InChI=1S/C17H16BrN5/c1-11-3-6-13(7-4-11)20-16-10-19-23-17(22-16)21-14-8-5-12(2)15(18)9-14/h3-10H,1-2H3,(H2,20,21,22,23). The highest BCUT2D eigenvalue weighted by Gasteiger charge is 2.03. The minimum Gasteiger partial charge on any atom is -0.339 e. The van der Waals surface area contributed by atoms with E-state index < -0.39 is 0 Å². The van der Waals surface area contributed by atoms with Crippen molar-refractivity contribution in [2.45, 2.75) is 13.8 Å². The number of nitrogens with one attached hydrogen (secondary N) is 2. The van der Waals surface area contributed by atoms with Crippen molar-refractivity contribution in [1.29, 1.82) is 0 Å². The number of aromatic nitrogens is 3. The topological polar surface area (TPSA) is 62.7 Å². The number of anilines is 4. The normalized spacial score (nSPS) is 10.4. The first-order valence-electron chi connectivity index (χ1n) is 7.17. The smallest absolute Gasteiger partial charge is 0.249 e. The predicted molar refractivity (Wildman–Crippen MR) is 96.5 cm³/mol. The summed E-state index contributed by atoms with van der Waals surface area (Å²) in [5, 5.41) is 14.4. The zero-order valence-electron chi connectivity index (χ0n) is 12.8. The lowest BCUT2D eigenvalue weighted by Crippen LogP contribution is -2.02. The number of hydrogen-bond donors (Lipinski definition) is 2. The fraction of sp³-hybridized carbons (Fsp3) is 0.118. The van der Waals surface area contributed by atoms with Crippen molar-refractivity contribution in [3.05, 3.63) is 64.3 Å². The highest BCUT2D eigenvalue weighted by atomic mass is 79.9. The lowest BCUT2D eigenvalue weighted by atomic mass is 10.2. The molecule has 0 amide bonds. The number of aryl methyl sites for hydroxylation is 2. The summed E-state index contributed by atoms with van der Waals surface area (Å²) in [5.74, 6) is 1.08. The second kappa shape index (κ2) is 6.75. The molecule has 0 spiro atoms. The van der Waals surface area contributed by atoms with Gasteiger partial charge in [-0.3, -0.25) is 0 Å². The Morgan fingerprint density at radius 1 is 0.913 bits per heavy atom. The maximum Gasteiger partial charge on any atom is 0.249 e. The largest absolute Gasteiger partial charge is 0.339 e. The van der Waals surface area contributed by atoms with Gasteiger partial charge in [-0.05, 0) is 43.7 Å². The molecule has 0 saturated heterocycles. The average Bonchev–Trinajstić information content (AvgIpc) is 2.54. The van der Waals surface area contributed by atoms with Gasteiger partial charge in [0.05, 0.1) is 6.20 Å². The van der Waals surface area contributed by atoms with Crippen LogP contribution in [-0.4, -0.2) is 15.2 Å². The van der Waals surface area contributed by atoms with Crippen molar-refractivity contribution < 1.29 is 0 Å². The summed E-state index contributed by atoms with van der Waals surface area (Å²) in [5.41, 5.74) is 4.24. The van der Waals surface area contributed by atoms with Gasteiger partial charge in [0, 0.05) is 15.8 Å². The summed E-state index contributed by atoms with van der Waals surface area (Å²) in [6, 6.07) is 14.1. The maximum absolute atomic E-state index is 4.43. The molecular formula is C17H16BrN5. The van der Waals surface area contributed by atoms with E-state index in [1.165, 1.54) is 11.1 Å². The zero-order chi connectivity index (χ0) is 16.2. The van der Waals surface area contributed by atoms with E-state index in [0.717, 1.165) is 15.8 Å². The first-order chi connectivity index (χ1) is 11.1. The summed E-state index contributed by atoms with van der Waals surface area (Å²) in [4.78, 5) is 4.43. The molecule has 0 fully saturated rings. The van der Waals surface area contributed by atoms with Crippen LogP contribution in [0.1, 0.15) is 11.1 Å². The van der Waals surface area contributed by atoms with Gasteiger partial charge in [0.15, 0.2) is 5.82 Å². The minimum atomic E-state index is 0.442. The van der Waals surface area contributed by atoms with E-state index in [-0.39, 0.29) is 0 Å². The molecule has 6 heteroatoms. The van der Waals surface area contributed by atoms with Gasteiger partial charge < -0.3 is 10.6 Å². The third-order valence-corrected chi connectivity index (χ3v) is 4.17. The van der Waals surface area contributed by atoms with Gasteiger partial charge in [-0.1, -0.05) is 39.7 Å². The molecule has 116 valence electrons. The summed E-state index contributed by atoms with van der Waals surface area (Å²) < 4.78 is 1.03. The summed E-state index contributed by atoms with van der Waals surface area (Å²) in [6.45, 7) is 4.09. The van der Waals surface area contributed by atoms with Crippen molar-refractivity contribution in [3.8, 4) is 0 Å². The predicted octanol–water partition coefficient (Wildman–Crippen LogP) is 4.74. The van der Waals surface area contributed by atoms with Crippen LogP contribution in [0.4, 0.5) is 23.1 Å². The Morgan fingerprint density at radius 2 is 1.65 bits per heavy atom. The number of hydrogen-bond acceptors (Lipinski definition) is 5. The molecule has 0 aliphatic carbocycles. The SMILES string of the molecule is Cc1ccc(Nc2cnnc(Nc3ccc(C)c(Br)c3)n2)cc1. The van der Waals surface area contributed by atoms with Crippen molar-refractivity contribution in [3.63, 3.8) is 0 Å². The van der Waals surface area contributed by atoms with Gasteiger partial charge in [-0.15, -0.1) is 5.10 Å². The van der Waals surface area contributed by atoms with E-state index >= 15 is 0 Å². The molecule has 0 unspecified atom stereocenters. The Kier molecular flexibility index (Phi) is 4.52. The molecular weight excluding hydrogens is 354 g/mol. The molecule has 2 N–H and O–H groups in total. The van der Waals surface area contributed by atoms with Crippen LogP contribution in [0, 0.1) is 13.8 Å². The summed E-state index contributed by atoms with van der Waals surface area (Å²) in [7, 11) is 0. The molecule has 0 aliphatic rings. The lowest BCUT2D eigenvalue weighted by Gasteiger charge is -2.09. The first kappa shape index (κ1) is 15.4. The molecule has 2 aromatic carbocycles. The van der Waals surface area contributed by atoms with Crippen LogP contribution in [0.3, 0.4) is 0 Å². The fourth-order valence-electron chi connectivity index (χ4n) is 2.00. The van der Waals surface area contributed by atoms with Gasteiger partial charge in [0.2, 0.25) is 5.95 Å². The highest BCUT2D eigenvalue weighted by molar-refractivity contribution is 9.10. The molecule has 0 saturated carbocycles. The summed E-state index contributed by atoms with van der Waals surface area (Å²) in [6.07, 6.45) is 1.59. The van der Waals surface area contributed by atoms with Crippen LogP contribution in [0.5, 0.6) is 0 Å². The minimum absolute atomic E-state index is 0.442. The van der Waals surface area contributed by atoms with Gasteiger partial charge >= 0.3 is 0 Å².